The molecule has 9 nitrogen and oxygen atoms in total. The van der Waals surface area contributed by atoms with E-state index >= 15 is 0 Å². The molecule has 3 aromatic rings. The van der Waals surface area contributed by atoms with Gasteiger partial charge in [-0.3, -0.25) is 0 Å². The summed E-state index contributed by atoms with van der Waals surface area (Å²) in [5.74, 6) is 2.87. The van der Waals surface area contributed by atoms with Crippen molar-refractivity contribution in [3.05, 3.63) is 71.3 Å². The summed E-state index contributed by atoms with van der Waals surface area (Å²) in [5, 5.41) is 3.85. The maximum Gasteiger partial charge on any atom is 0.338 e. The van der Waals surface area contributed by atoms with Gasteiger partial charge in [-0.25, -0.2) is 4.79 Å². The normalized spacial score (nSPS) is 14.0. The first-order chi connectivity index (χ1) is 19.4. The summed E-state index contributed by atoms with van der Waals surface area (Å²) in [6.45, 7) is 3.03. The Morgan fingerprint density at radius 3 is 2.23 bits per heavy atom. The first-order valence-electron chi connectivity index (χ1n) is 12.9. The number of thiocarbonyl (C=S) groups is 1. The topological polar surface area (TPSA) is 87.7 Å². The van der Waals surface area contributed by atoms with Crippen LogP contribution in [0, 0.1) is 0 Å². The molecule has 40 heavy (non-hydrogen) atoms. The van der Waals surface area contributed by atoms with Crippen LogP contribution in [-0.4, -0.2) is 64.2 Å². The number of esters is 1. The molecular formula is C30H34N2O7S. The van der Waals surface area contributed by atoms with E-state index in [1.54, 1.807) is 59.6 Å². The maximum atomic E-state index is 12.0. The number of fused-ring (bicyclic) bond motifs is 1. The summed E-state index contributed by atoms with van der Waals surface area (Å²) in [6.07, 6.45) is 0.748. The van der Waals surface area contributed by atoms with E-state index in [0.717, 1.165) is 17.5 Å². The lowest BCUT2D eigenvalue weighted by molar-refractivity contribution is 0.0526. The van der Waals surface area contributed by atoms with E-state index in [2.05, 4.69) is 10.2 Å². The third kappa shape index (κ3) is 6.34. The van der Waals surface area contributed by atoms with Gasteiger partial charge < -0.3 is 38.6 Å². The lowest BCUT2D eigenvalue weighted by Gasteiger charge is -2.39. The molecule has 3 aromatic carbocycles. The number of nitrogens with zero attached hydrogens (tertiary/aromatic N) is 1. The Bertz CT molecular complexity index is 1350. The molecule has 0 fully saturated rings. The van der Waals surface area contributed by atoms with Crippen LogP contribution in [0.2, 0.25) is 0 Å². The summed E-state index contributed by atoms with van der Waals surface area (Å²) in [6, 6.07) is 16.1. The first-order valence-corrected chi connectivity index (χ1v) is 13.3. The molecule has 0 radical (unpaired) electrons. The van der Waals surface area contributed by atoms with Gasteiger partial charge in [0.05, 0.1) is 52.3 Å². The van der Waals surface area contributed by atoms with E-state index in [-0.39, 0.29) is 18.6 Å². The molecule has 0 saturated heterocycles. The molecule has 0 bridgehead atoms. The Morgan fingerprint density at radius 2 is 1.57 bits per heavy atom. The van der Waals surface area contributed by atoms with Crippen LogP contribution in [0.3, 0.4) is 0 Å². The molecular weight excluding hydrogens is 532 g/mol. The van der Waals surface area contributed by atoms with Crippen LogP contribution >= 0.6 is 12.2 Å². The molecule has 0 aliphatic carbocycles. The van der Waals surface area contributed by atoms with Gasteiger partial charge in [-0.15, -0.1) is 0 Å². The predicted octanol–water partition coefficient (Wildman–Crippen LogP) is 5.27. The van der Waals surface area contributed by atoms with Crippen LogP contribution in [0.1, 0.15) is 34.5 Å². The number of methoxy groups -OCH3 is 4. The molecule has 0 unspecified atom stereocenters. The second-order valence-corrected chi connectivity index (χ2v) is 9.30. The fourth-order valence-electron chi connectivity index (χ4n) is 4.63. The van der Waals surface area contributed by atoms with Crippen LogP contribution in [0.15, 0.2) is 54.6 Å². The van der Waals surface area contributed by atoms with Crippen LogP contribution in [0.5, 0.6) is 28.7 Å². The molecule has 4 rings (SSSR count). The minimum absolute atomic E-state index is 0.245. The number of rotatable bonds is 10. The molecule has 1 aliphatic rings. The standard InChI is InChI=1S/C30H34N2O7S/c1-6-38-29(33)19-7-9-21(10-8-19)39-18-25-23-17-28(37-5)27(36-4)15-20(23)13-14-32(25)30(40)31-24-16-22(34-2)11-12-26(24)35-3/h7-12,15-17,25H,6,13-14,18H2,1-5H3,(H,31,40)/t25-/m0/s1. The van der Waals surface area contributed by atoms with Crippen molar-refractivity contribution in [1.29, 1.82) is 0 Å². The van der Waals surface area contributed by atoms with Crippen LogP contribution in [-0.2, 0) is 11.2 Å². The van der Waals surface area contributed by atoms with E-state index in [0.29, 0.717) is 58.3 Å². The summed E-state index contributed by atoms with van der Waals surface area (Å²) in [5.41, 5.74) is 3.31. The van der Waals surface area contributed by atoms with Gasteiger partial charge >= 0.3 is 5.97 Å². The molecule has 1 atom stereocenters. The summed E-state index contributed by atoms with van der Waals surface area (Å²) in [7, 11) is 6.46. The molecule has 0 aromatic heterocycles. The fraction of sp³-hybridized carbons (Fsp3) is 0.333. The Morgan fingerprint density at radius 1 is 0.900 bits per heavy atom. The zero-order valence-corrected chi connectivity index (χ0v) is 24.1. The average Bonchev–Trinajstić information content (AvgIpc) is 2.99. The van der Waals surface area contributed by atoms with Gasteiger partial charge in [-0.05, 0) is 85.2 Å². The Labute approximate surface area is 239 Å². The van der Waals surface area contributed by atoms with E-state index in [1.807, 2.05) is 30.3 Å². The van der Waals surface area contributed by atoms with Gasteiger partial charge in [0, 0.05) is 12.6 Å². The van der Waals surface area contributed by atoms with Crippen molar-refractivity contribution in [2.24, 2.45) is 0 Å². The molecule has 1 aliphatic heterocycles. The molecule has 10 heteroatoms. The number of anilines is 1. The number of nitrogens with one attached hydrogen (secondary N) is 1. The van der Waals surface area contributed by atoms with Crippen molar-refractivity contribution >= 4 is 29.0 Å². The van der Waals surface area contributed by atoms with Crippen molar-refractivity contribution < 1.29 is 33.2 Å². The number of carbonyl (C=O) groups is 1. The van der Waals surface area contributed by atoms with E-state index < -0.39 is 0 Å². The SMILES string of the molecule is CCOC(=O)c1ccc(OC[C@H]2c3cc(OC)c(OC)cc3CCN2C(=S)Nc2cc(OC)ccc2OC)cc1. The highest BCUT2D eigenvalue weighted by Crippen LogP contribution is 2.39. The Balaban J connectivity index is 1.63. The predicted molar refractivity (Wildman–Crippen MR) is 156 cm³/mol. The van der Waals surface area contributed by atoms with Gasteiger partial charge in [0.15, 0.2) is 16.6 Å². The van der Waals surface area contributed by atoms with E-state index in [1.165, 1.54) is 0 Å². The second-order valence-electron chi connectivity index (χ2n) is 8.92. The van der Waals surface area contributed by atoms with Crippen LogP contribution in [0.25, 0.3) is 0 Å². The molecule has 212 valence electrons. The lowest BCUT2D eigenvalue weighted by Crippen LogP contribution is -2.44. The van der Waals surface area contributed by atoms with Gasteiger partial charge in [-0.2, -0.15) is 0 Å². The number of benzene rings is 3. The van der Waals surface area contributed by atoms with Gasteiger partial charge in [0.2, 0.25) is 0 Å². The quantitative estimate of drug-likeness (QED) is 0.259. The lowest BCUT2D eigenvalue weighted by atomic mass is 9.92. The average molecular weight is 567 g/mol. The molecule has 0 amide bonds. The number of carbonyl (C=O) groups excluding carboxylic acids is 1. The highest BCUT2D eigenvalue weighted by Gasteiger charge is 2.32. The zero-order chi connectivity index (χ0) is 28.6. The number of hydrogen-bond donors (Lipinski definition) is 1. The molecule has 1 heterocycles. The monoisotopic (exact) mass is 566 g/mol. The first kappa shape index (κ1) is 28.8. The molecule has 1 N–H and O–H groups in total. The van der Waals surface area contributed by atoms with Crippen molar-refractivity contribution in [2.45, 2.75) is 19.4 Å². The van der Waals surface area contributed by atoms with Gasteiger partial charge in [0.1, 0.15) is 23.9 Å². The third-order valence-corrected chi connectivity index (χ3v) is 7.02. The highest BCUT2D eigenvalue weighted by molar-refractivity contribution is 7.80. The summed E-state index contributed by atoms with van der Waals surface area (Å²) < 4.78 is 33.4. The number of ether oxygens (including phenoxy) is 6. The Kier molecular flexibility index (Phi) is 9.55. The van der Waals surface area contributed by atoms with Crippen molar-refractivity contribution in [1.82, 2.24) is 4.90 Å². The minimum atomic E-state index is -0.369. The zero-order valence-electron chi connectivity index (χ0n) is 23.3. The number of hydrogen-bond acceptors (Lipinski definition) is 8. The Hall–Kier alpha value is -4.18. The maximum absolute atomic E-state index is 12.0. The molecule has 0 spiro atoms. The van der Waals surface area contributed by atoms with Crippen LogP contribution < -0.4 is 29.0 Å². The van der Waals surface area contributed by atoms with Crippen molar-refractivity contribution in [3.8, 4) is 28.7 Å². The van der Waals surface area contributed by atoms with Crippen molar-refractivity contribution in [3.63, 3.8) is 0 Å². The smallest absolute Gasteiger partial charge is 0.338 e. The molecule has 0 saturated carbocycles. The highest BCUT2D eigenvalue weighted by atomic mass is 32.1. The van der Waals surface area contributed by atoms with E-state index in [9.17, 15) is 4.79 Å². The second kappa shape index (κ2) is 13.3. The van der Waals surface area contributed by atoms with Gasteiger partial charge in [-0.1, -0.05) is 0 Å². The fourth-order valence-corrected chi connectivity index (χ4v) is 4.96. The third-order valence-electron chi connectivity index (χ3n) is 6.69. The van der Waals surface area contributed by atoms with Gasteiger partial charge in [0.25, 0.3) is 0 Å². The summed E-state index contributed by atoms with van der Waals surface area (Å²) >= 11 is 5.92. The van der Waals surface area contributed by atoms with E-state index in [4.69, 9.17) is 40.6 Å². The minimum Gasteiger partial charge on any atom is -0.497 e. The summed E-state index contributed by atoms with van der Waals surface area (Å²) in [4.78, 5) is 14.1. The van der Waals surface area contributed by atoms with Crippen LogP contribution in [0.4, 0.5) is 5.69 Å². The largest absolute Gasteiger partial charge is 0.497 e. The van der Waals surface area contributed by atoms with Crippen molar-refractivity contribution in [2.75, 3.05) is 53.5 Å².